The highest BCUT2D eigenvalue weighted by molar-refractivity contribution is 7.99. The lowest BCUT2D eigenvalue weighted by molar-refractivity contribution is -0.906. The number of benzene rings is 1. The molecule has 1 aromatic carbocycles. The summed E-state index contributed by atoms with van der Waals surface area (Å²) in [6.07, 6.45) is 2.91. The van der Waals surface area contributed by atoms with Crippen LogP contribution >= 0.6 is 11.8 Å². The molecule has 1 heterocycles. The van der Waals surface area contributed by atoms with E-state index in [1.165, 1.54) is 24.2 Å². The fourth-order valence-corrected chi connectivity index (χ4v) is 2.45. The van der Waals surface area contributed by atoms with Crippen molar-refractivity contribution in [3.63, 3.8) is 0 Å². The fourth-order valence-electron chi connectivity index (χ4n) is 1.52. The zero-order chi connectivity index (χ0) is 13.1. The molecule has 0 aliphatic rings. The van der Waals surface area contributed by atoms with Crippen LogP contribution in [0, 0.1) is 18.3 Å². The van der Waals surface area contributed by atoms with Gasteiger partial charge >= 0.3 is 0 Å². The highest BCUT2D eigenvalue weighted by atomic mass is 32.2. The maximum absolute atomic E-state index is 9.39. The summed E-state index contributed by atoms with van der Waals surface area (Å²) in [6.45, 7) is 1.97. The van der Waals surface area contributed by atoms with Crippen LogP contribution in [-0.4, -0.2) is 5.21 Å². The van der Waals surface area contributed by atoms with Gasteiger partial charge in [-0.1, -0.05) is 17.8 Å². The minimum atomic E-state index is 0.505. The van der Waals surface area contributed by atoms with E-state index >= 15 is 0 Å². The van der Waals surface area contributed by atoms with Crippen LogP contribution in [0.15, 0.2) is 46.5 Å². The summed E-state index contributed by atoms with van der Waals surface area (Å²) >= 11 is 1.36. The molecule has 0 saturated heterocycles. The van der Waals surface area contributed by atoms with Crippen LogP contribution < -0.4 is 10.5 Å². The second-order valence-electron chi connectivity index (χ2n) is 3.86. The Bertz CT molecular complexity index is 635. The first-order valence-corrected chi connectivity index (χ1v) is 6.10. The average Bonchev–Trinajstić information content (AvgIpc) is 2.33. The first kappa shape index (κ1) is 12.3. The molecule has 0 amide bonds. The van der Waals surface area contributed by atoms with Crippen molar-refractivity contribution < 1.29 is 9.94 Å². The van der Waals surface area contributed by atoms with Crippen molar-refractivity contribution in [2.75, 3.05) is 5.73 Å². The number of hydrogen-bond donors (Lipinski definition) is 2. The number of nitriles is 1. The quantitative estimate of drug-likeness (QED) is 0.491. The van der Waals surface area contributed by atoms with Crippen LogP contribution in [0.5, 0.6) is 0 Å². The largest absolute Gasteiger partial charge is 0.398 e. The van der Waals surface area contributed by atoms with Gasteiger partial charge in [0.15, 0.2) is 0 Å². The van der Waals surface area contributed by atoms with E-state index in [0.29, 0.717) is 16.1 Å². The van der Waals surface area contributed by atoms with Crippen LogP contribution in [0.1, 0.15) is 11.1 Å². The van der Waals surface area contributed by atoms with Crippen LogP contribution in [-0.2, 0) is 0 Å². The third kappa shape index (κ3) is 2.55. The maximum Gasteiger partial charge on any atom is 0.237 e. The smallest absolute Gasteiger partial charge is 0.237 e. The molecular formula is C13H12N3OS+. The Morgan fingerprint density at radius 1 is 1.33 bits per heavy atom. The topological polar surface area (TPSA) is 73.9 Å². The van der Waals surface area contributed by atoms with Gasteiger partial charge in [0.2, 0.25) is 12.4 Å². The van der Waals surface area contributed by atoms with Gasteiger partial charge in [-0.15, -0.1) is 0 Å². The van der Waals surface area contributed by atoms with Gasteiger partial charge in [0, 0.05) is 21.4 Å². The monoisotopic (exact) mass is 258 g/mol. The van der Waals surface area contributed by atoms with Gasteiger partial charge in [0.05, 0.1) is 10.5 Å². The molecule has 18 heavy (non-hydrogen) atoms. The van der Waals surface area contributed by atoms with Crippen LogP contribution in [0.2, 0.25) is 0 Å². The number of aromatic nitrogens is 1. The normalized spacial score (nSPS) is 10.0. The molecule has 0 atom stereocenters. The summed E-state index contributed by atoms with van der Waals surface area (Å²) < 4.78 is 0.924. The molecule has 2 rings (SSSR count). The minimum absolute atomic E-state index is 0.505. The van der Waals surface area contributed by atoms with Gasteiger partial charge in [0.1, 0.15) is 6.07 Å². The van der Waals surface area contributed by atoms with Gasteiger partial charge in [-0.25, -0.2) is 0 Å². The standard InChI is InChI=1S/C13H12N3OS/c1-9-2-3-12(11(15)6-9)18-13-8-16(17)5-4-10(13)7-14/h2-6,8,17H,15H2,1H3/q+1. The second-order valence-corrected chi connectivity index (χ2v) is 4.94. The molecule has 0 unspecified atom stereocenters. The molecule has 90 valence electrons. The van der Waals surface area contributed by atoms with Gasteiger partial charge in [0.25, 0.3) is 0 Å². The average molecular weight is 258 g/mol. The van der Waals surface area contributed by atoms with E-state index in [0.717, 1.165) is 15.2 Å². The van der Waals surface area contributed by atoms with E-state index < -0.39 is 0 Å². The van der Waals surface area contributed by atoms with Crippen molar-refractivity contribution in [2.24, 2.45) is 0 Å². The zero-order valence-electron chi connectivity index (χ0n) is 9.79. The molecule has 0 radical (unpaired) electrons. The third-order valence-corrected chi connectivity index (χ3v) is 3.55. The van der Waals surface area contributed by atoms with Crippen LogP contribution in [0.25, 0.3) is 0 Å². The number of nitrogen functional groups attached to an aromatic ring is 1. The Labute approximate surface area is 109 Å². The van der Waals surface area contributed by atoms with E-state index in [9.17, 15) is 5.21 Å². The van der Waals surface area contributed by atoms with Crippen molar-refractivity contribution >= 4 is 17.4 Å². The highest BCUT2D eigenvalue weighted by Gasteiger charge is 2.12. The summed E-state index contributed by atoms with van der Waals surface area (Å²) in [5.74, 6) is 0. The summed E-state index contributed by atoms with van der Waals surface area (Å²) in [7, 11) is 0. The molecule has 0 bridgehead atoms. The van der Waals surface area contributed by atoms with Crippen molar-refractivity contribution in [2.45, 2.75) is 16.7 Å². The van der Waals surface area contributed by atoms with Crippen molar-refractivity contribution in [1.82, 2.24) is 0 Å². The number of rotatable bonds is 2. The van der Waals surface area contributed by atoms with E-state index in [1.807, 2.05) is 25.1 Å². The molecule has 0 fully saturated rings. The lowest BCUT2D eigenvalue weighted by atomic mass is 10.2. The number of nitrogens with two attached hydrogens (primary N) is 1. The Morgan fingerprint density at radius 3 is 2.78 bits per heavy atom. The van der Waals surface area contributed by atoms with Crippen LogP contribution in [0.3, 0.4) is 0 Å². The number of pyridine rings is 1. The first-order valence-electron chi connectivity index (χ1n) is 5.29. The Hall–Kier alpha value is -2.19. The maximum atomic E-state index is 9.39. The molecule has 2 aromatic rings. The molecular weight excluding hydrogens is 246 g/mol. The van der Waals surface area contributed by atoms with Crippen LogP contribution in [0.4, 0.5) is 5.69 Å². The van der Waals surface area contributed by atoms with E-state index in [1.54, 1.807) is 6.07 Å². The second kappa shape index (κ2) is 4.98. The number of hydrogen-bond acceptors (Lipinski definition) is 4. The lowest BCUT2D eigenvalue weighted by Crippen LogP contribution is -2.28. The number of nitrogens with zero attached hydrogens (tertiary/aromatic N) is 2. The molecule has 0 aliphatic carbocycles. The molecule has 0 aliphatic heterocycles. The number of anilines is 1. The molecule has 4 nitrogen and oxygen atoms in total. The van der Waals surface area contributed by atoms with Crippen molar-refractivity contribution in [1.29, 1.82) is 5.26 Å². The van der Waals surface area contributed by atoms with Gasteiger partial charge in [-0.05, 0) is 24.6 Å². The van der Waals surface area contributed by atoms with Crippen molar-refractivity contribution in [3.8, 4) is 6.07 Å². The van der Waals surface area contributed by atoms with Crippen molar-refractivity contribution in [3.05, 3.63) is 47.8 Å². The third-order valence-electron chi connectivity index (χ3n) is 2.41. The van der Waals surface area contributed by atoms with Gasteiger partial charge in [-0.2, -0.15) is 5.26 Å². The minimum Gasteiger partial charge on any atom is -0.398 e. The van der Waals surface area contributed by atoms with E-state index in [4.69, 9.17) is 11.0 Å². The molecule has 0 spiro atoms. The summed E-state index contributed by atoms with van der Waals surface area (Å²) in [4.78, 5) is 1.53. The van der Waals surface area contributed by atoms with E-state index in [-0.39, 0.29) is 0 Å². The Morgan fingerprint density at radius 2 is 2.11 bits per heavy atom. The lowest BCUT2D eigenvalue weighted by Gasteiger charge is -2.05. The van der Waals surface area contributed by atoms with Gasteiger partial charge in [-0.3, -0.25) is 5.21 Å². The first-order chi connectivity index (χ1) is 8.60. The predicted molar refractivity (Wildman–Crippen MR) is 68.3 cm³/mol. The predicted octanol–water partition coefficient (Wildman–Crippen LogP) is 2.12. The molecule has 1 aromatic heterocycles. The molecule has 0 saturated carbocycles. The van der Waals surface area contributed by atoms with Gasteiger partial charge < -0.3 is 5.73 Å². The highest BCUT2D eigenvalue weighted by Crippen LogP contribution is 2.33. The number of aryl methyl sites for hydroxylation is 1. The molecule has 3 N–H and O–H groups in total. The zero-order valence-corrected chi connectivity index (χ0v) is 10.6. The summed E-state index contributed by atoms with van der Waals surface area (Å²) in [5.41, 5.74) is 8.18. The molecule has 5 heteroatoms. The van der Waals surface area contributed by atoms with E-state index in [2.05, 4.69) is 6.07 Å². The Balaban J connectivity index is 2.40. The SMILES string of the molecule is Cc1ccc(Sc2c[n+](O)ccc2C#N)c(N)c1. The Kier molecular flexibility index (Phi) is 3.40. The fraction of sp³-hybridized carbons (Fsp3) is 0.0769. The summed E-state index contributed by atoms with van der Waals surface area (Å²) in [6, 6.07) is 9.40. The summed E-state index contributed by atoms with van der Waals surface area (Å²) in [5, 5.41) is 18.4.